The van der Waals surface area contributed by atoms with Gasteiger partial charge in [0.15, 0.2) is 11.2 Å². The van der Waals surface area contributed by atoms with Gasteiger partial charge in [-0.25, -0.2) is 4.39 Å². The van der Waals surface area contributed by atoms with E-state index in [1.54, 1.807) is 42.5 Å². The van der Waals surface area contributed by atoms with E-state index >= 15 is 0 Å². The van der Waals surface area contributed by atoms with Crippen molar-refractivity contribution in [1.29, 1.82) is 0 Å². The second-order valence-electron chi connectivity index (χ2n) is 6.65. The van der Waals surface area contributed by atoms with Crippen LogP contribution in [-0.4, -0.2) is 22.8 Å². The van der Waals surface area contributed by atoms with Gasteiger partial charge in [-0.05, 0) is 54.6 Å². The quantitative estimate of drug-likeness (QED) is 0.449. The minimum absolute atomic E-state index is 0.228. The molecule has 1 aromatic heterocycles. The number of rotatable bonds is 5. The van der Waals surface area contributed by atoms with Gasteiger partial charge in [0, 0.05) is 16.8 Å². The van der Waals surface area contributed by atoms with Crippen LogP contribution in [-0.2, 0) is 11.3 Å². The number of anilines is 2. The van der Waals surface area contributed by atoms with Crippen LogP contribution in [0.3, 0.4) is 0 Å². The number of carboxylic acids is 1. The van der Waals surface area contributed by atoms with Crippen molar-refractivity contribution in [1.82, 2.24) is 4.57 Å². The lowest BCUT2D eigenvalue weighted by Crippen LogP contribution is -2.17. The van der Waals surface area contributed by atoms with Crippen molar-refractivity contribution < 1.29 is 19.0 Å². The van der Waals surface area contributed by atoms with Gasteiger partial charge in [-0.15, -0.1) is 0 Å². The van der Waals surface area contributed by atoms with Crippen LogP contribution in [0, 0.1) is 5.82 Å². The number of carbonyl (C=O) groups is 1. The Morgan fingerprint density at radius 1 is 1.10 bits per heavy atom. The molecule has 0 aliphatic rings. The molecule has 4 aromatic rings. The Kier molecular flexibility index (Phi) is 5.05. The molecule has 0 unspecified atom stereocenters. The average molecular weight is 427 g/mol. The predicted molar refractivity (Wildman–Crippen MR) is 115 cm³/mol. The first-order chi connectivity index (χ1) is 14.4. The number of methoxy groups -OCH3 is 1. The zero-order valence-corrected chi connectivity index (χ0v) is 16.5. The monoisotopic (exact) mass is 426 g/mol. The van der Waals surface area contributed by atoms with Crippen LogP contribution in [0.15, 0.2) is 59.4 Å². The molecule has 0 radical (unpaired) electrons. The van der Waals surface area contributed by atoms with E-state index in [4.69, 9.17) is 16.3 Å². The van der Waals surface area contributed by atoms with E-state index in [1.165, 1.54) is 23.8 Å². The zero-order chi connectivity index (χ0) is 21.4. The molecular weight excluding hydrogens is 411 g/mol. The SMILES string of the molecule is COc1c(Cl)ccc2c(=O)c3ccc(Nc4ccc(F)cc4)cc3n(CC(=O)O)c12. The van der Waals surface area contributed by atoms with E-state index in [2.05, 4.69) is 5.32 Å². The third-order valence-corrected chi connectivity index (χ3v) is 5.06. The van der Waals surface area contributed by atoms with Crippen LogP contribution < -0.4 is 15.5 Å². The molecule has 152 valence electrons. The van der Waals surface area contributed by atoms with Gasteiger partial charge < -0.3 is 19.7 Å². The lowest BCUT2D eigenvalue weighted by Gasteiger charge is -2.17. The largest absolute Gasteiger partial charge is 0.493 e. The van der Waals surface area contributed by atoms with Gasteiger partial charge in [-0.3, -0.25) is 9.59 Å². The number of halogens is 2. The maximum absolute atomic E-state index is 13.2. The summed E-state index contributed by atoms with van der Waals surface area (Å²) in [6, 6.07) is 13.9. The minimum atomic E-state index is -1.08. The van der Waals surface area contributed by atoms with Gasteiger partial charge in [0.05, 0.1) is 28.6 Å². The van der Waals surface area contributed by atoms with Crippen molar-refractivity contribution in [2.75, 3.05) is 12.4 Å². The number of nitrogens with one attached hydrogen (secondary N) is 1. The number of ether oxygens (including phenoxy) is 1. The van der Waals surface area contributed by atoms with Crippen LogP contribution >= 0.6 is 11.6 Å². The summed E-state index contributed by atoms with van der Waals surface area (Å²) in [6.45, 7) is -0.399. The highest BCUT2D eigenvalue weighted by Gasteiger charge is 2.19. The summed E-state index contributed by atoms with van der Waals surface area (Å²) in [5, 5.41) is 13.6. The number of benzene rings is 3. The summed E-state index contributed by atoms with van der Waals surface area (Å²) in [5.41, 5.74) is 1.70. The molecule has 8 heteroatoms. The number of aromatic nitrogens is 1. The predicted octanol–water partition coefficient (Wildman–Crippen LogP) is 4.78. The molecule has 0 atom stereocenters. The van der Waals surface area contributed by atoms with Crippen LogP contribution in [0.5, 0.6) is 5.75 Å². The Hall–Kier alpha value is -3.58. The summed E-state index contributed by atoms with van der Waals surface area (Å²) >= 11 is 6.24. The highest BCUT2D eigenvalue weighted by Crippen LogP contribution is 2.34. The molecular formula is C22H16ClFN2O4. The van der Waals surface area contributed by atoms with Gasteiger partial charge in [-0.1, -0.05) is 11.6 Å². The molecule has 30 heavy (non-hydrogen) atoms. The van der Waals surface area contributed by atoms with Gasteiger partial charge in [0.1, 0.15) is 12.4 Å². The summed E-state index contributed by atoms with van der Waals surface area (Å²) in [4.78, 5) is 24.7. The zero-order valence-electron chi connectivity index (χ0n) is 15.8. The summed E-state index contributed by atoms with van der Waals surface area (Å²) in [5.74, 6) is -1.21. The maximum atomic E-state index is 13.2. The molecule has 0 saturated carbocycles. The van der Waals surface area contributed by atoms with Crippen molar-refractivity contribution >= 4 is 50.8 Å². The lowest BCUT2D eigenvalue weighted by atomic mass is 10.1. The standard InChI is InChI=1S/C22H16ClFN2O4/c1-30-22-17(23)9-8-16-20(22)26(11-19(27)28)18-10-14(6-7-15(18)21(16)29)25-13-4-2-12(24)3-5-13/h2-10,25H,11H2,1H3,(H,27,28). The molecule has 1 heterocycles. The Labute approximate surface area is 175 Å². The molecule has 0 spiro atoms. The number of hydrogen-bond donors (Lipinski definition) is 2. The number of fused-ring (bicyclic) bond motifs is 2. The fourth-order valence-corrected chi connectivity index (χ4v) is 3.71. The first kappa shape index (κ1) is 19.7. The summed E-state index contributed by atoms with van der Waals surface area (Å²) in [7, 11) is 1.41. The average Bonchev–Trinajstić information content (AvgIpc) is 2.72. The molecule has 0 aliphatic carbocycles. The van der Waals surface area contributed by atoms with Crippen molar-refractivity contribution in [3.05, 3.63) is 75.7 Å². The molecule has 0 amide bonds. The van der Waals surface area contributed by atoms with Crippen LogP contribution in [0.4, 0.5) is 15.8 Å². The Bertz CT molecular complexity index is 1350. The van der Waals surface area contributed by atoms with Crippen molar-refractivity contribution in [2.24, 2.45) is 0 Å². The second kappa shape index (κ2) is 7.68. The lowest BCUT2D eigenvalue weighted by molar-refractivity contribution is -0.137. The molecule has 0 bridgehead atoms. The third-order valence-electron chi connectivity index (χ3n) is 4.76. The third kappa shape index (κ3) is 3.44. The molecule has 0 saturated heterocycles. The highest BCUT2D eigenvalue weighted by molar-refractivity contribution is 6.33. The number of carboxylic acid groups (broad SMARTS) is 1. The van der Waals surface area contributed by atoms with Crippen molar-refractivity contribution in [3.63, 3.8) is 0 Å². The number of nitrogens with zero attached hydrogens (tertiary/aromatic N) is 1. The second-order valence-corrected chi connectivity index (χ2v) is 7.06. The fourth-order valence-electron chi connectivity index (χ4n) is 3.48. The van der Waals surface area contributed by atoms with Crippen LogP contribution in [0.25, 0.3) is 21.8 Å². The summed E-state index contributed by atoms with van der Waals surface area (Å²) in [6.07, 6.45) is 0. The van der Waals surface area contributed by atoms with Gasteiger partial charge in [0.2, 0.25) is 0 Å². The topological polar surface area (TPSA) is 80.6 Å². The number of hydrogen-bond acceptors (Lipinski definition) is 4. The Balaban J connectivity index is 2.01. The van der Waals surface area contributed by atoms with Gasteiger partial charge >= 0.3 is 5.97 Å². The van der Waals surface area contributed by atoms with Crippen molar-refractivity contribution in [3.8, 4) is 5.75 Å². The smallest absolute Gasteiger partial charge is 0.323 e. The molecule has 6 nitrogen and oxygen atoms in total. The molecule has 0 fully saturated rings. The Morgan fingerprint density at radius 3 is 2.43 bits per heavy atom. The minimum Gasteiger partial charge on any atom is -0.493 e. The normalized spacial score (nSPS) is 11.0. The van der Waals surface area contributed by atoms with E-state index in [0.717, 1.165) is 0 Å². The van der Waals surface area contributed by atoms with E-state index in [0.29, 0.717) is 33.2 Å². The van der Waals surface area contributed by atoms with E-state index in [1.807, 2.05) is 0 Å². The number of pyridine rings is 1. The van der Waals surface area contributed by atoms with Gasteiger partial charge in [0.25, 0.3) is 0 Å². The van der Waals surface area contributed by atoms with Crippen LogP contribution in [0.1, 0.15) is 0 Å². The molecule has 3 aromatic carbocycles. The van der Waals surface area contributed by atoms with E-state index in [9.17, 15) is 19.1 Å². The van der Waals surface area contributed by atoms with E-state index < -0.39 is 12.5 Å². The van der Waals surface area contributed by atoms with Crippen molar-refractivity contribution in [2.45, 2.75) is 6.54 Å². The molecule has 4 rings (SSSR count). The first-order valence-corrected chi connectivity index (χ1v) is 9.34. The first-order valence-electron chi connectivity index (χ1n) is 8.96. The molecule has 0 aliphatic heterocycles. The molecule has 2 N–H and O–H groups in total. The fraction of sp³-hybridized carbons (Fsp3) is 0.0909. The highest BCUT2D eigenvalue weighted by atomic mass is 35.5. The number of aliphatic carboxylic acids is 1. The van der Waals surface area contributed by atoms with Crippen LogP contribution in [0.2, 0.25) is 5.02 Å². The maximum Gasteiger partial charge on any atom is 0.323 e. The Morgan fingerprint density at radius 2 is 1.77 bits per heavy atom. The van der Waals surface area contributed by atoms with Gasteiger partial charge in [-0.2, -0.15) is 0 Å². The summed E-state index contributed by atoms with van der Waals surface area (Å²) < 4.78 is 20.0. The van der Waals surface area contributed by atoms with E-state index in [-0.39, 0.29) is 22.0 Å².